The van der Waals surface area contributed by atoms with Crippen LogP contribution in [0.4, 0.5) is 0 Å². The molecule has 0 spiro atoms. The van der Waals surface area contributed by atoms with E-state index in [2.05, 4.69) is 72.8 Å². The molecular formula is C17H28. The van der Waals surface area contributed by atoms with E-state index >= 15 is 0 Å². The van der Waals surface area contributed by atoms with E-state index in [4.69, 9.17) is 0 Å². The van der Waals surface area contributed by atoms with Gasteiger partial charge in [0.2, 0.25) is 0 Å². The molecule has 0 nitrogen and oxygen atoms in total. The summed E-state index contributed by atoms with van der Waals surface area (Å²) in [4.78, 5) is 0. The highest BCUT2D eigenvalue weighted by molar-refractivity contribution is 5.34. The molecule has 0 heteroatoms. The van der Waals surface area contributed by atoms with Gasteiger partial charge in [-0.2, -0.15) is 0 Å². The first-order valence-electron chi connectivity index (χ1n) is 6.71. The van der Waals surface area contributed by atoms with E-state index in [-0.39, 0.29) is 10.8 Å². The second-order valence-corrected chi connectivity index (χ2v) is 7.28. The van der Waals surface area contributed by atoms with E-state index in [0.29, 0.717) is 5.92 Å². The Kier molecular flexibility index (Phi) is 4.06. The summed E-state index contributed by atoms with van der Waals surface area (Å²) in [7, 11) is 0. The quantitative estimate of drug-likeness (QED) is 0.482. The van der Waals surface area contributed by atoms with Gasteiger partial charge in [0.15, 0.2) is 0 Å². The predicted molar refractivity (Wildman–Crippen MR) is 78.0 cm³/mol. The highest BCUT2D eigenvalue weighted by Gasteiger charge is 2.22. The van der Waals surface area contributed by atoms with Crippen LogP contribution in [0.15, 0.2) is 35.5 Å². The van der Waals surface area contributed by atoms with Crippen LogP contribution < -0.4 is 0 Å². The zero-order valence-corrected chi connectivity index (χ0v) is 12.6. The van der Waals surface area contributed by atoms with Crippen molar-refractivity contribution in [1.29, 1.82) is 0 Å². The maximum absolute atomic E-state index is 2.43. The Bertz CT molecular complexity index is 350. The molecule has 0 N–H and O–H groups in total. The van der Waals surface area contributed by atoms with Gasteiger partial charge >= 0.3 is 0 Å². The fourth-order valence-corrected chi connectivity index (χ4v) is 2.03. The van der Waals surface area contributed by atoms with Crippen molar-refractivity contribution in [2.45, 2.75) is 54.9 Å². The lowest BCUT2D eigenvalue weighted by Crippen LogP contribution is -2.15. The molecule has 0 fully saturated rings. The molecule has 0 saturated heterocycles. The first kappa shape index (κ1) is 14.3. The lowest BCUT2D eigenvalue weighted by atomic mass is 9.77. The van der Waals surface area contributed by atoms with Gasteiger partial charge in [0, 0.05) is 0 Å². The number of hydrogen-bond donors (Lipinski definition) is 0. The third-order valence-corrected chi connectivity index (χ3v) is 3.38. The Morgan fingerprint density at radius 1 is 1.00 bits per heavy atom. The fourth-order valence-electron chi connectivity index (χ4n) is 2.03. The molecule has 17 heavy (non-hydrogen) atoms. The minimum atomic E-state index is 0.232. The molecule has 1 atom stereocenters. The van der Waals surface area contributed by atoms with Crippen LogP contribution in [0.3, 0.4) is 0 Å². The molecule has 0 bridgehead atoms. The third-order valence-electron chi connectivity index (χ3n) is 3.38. The molecule has 1 rings (SSSR count). The minimum absolute atomic E-state index is 0.232. The summed E-state index contributed by atoms with van der Waals surface area (Å²) >= 11 is 0. The van der Waals surface area contributed by atoms with Crippen molar-refractivity contribution in [3.05, 3.63) is 35.5 Å². The number of allylic oxidation sites excluding steroid dienone is 6. The first-order valence-corrected chi connectivity index (χ1v) is 6.71. The molecule has 0 saturated carbocycles. The molecule has 1 aliphatic rings. The summed E-state index contributed by atoms with van der Waals surface area (Å²) in [6.45, 7) is 16.1. The second kappa shape index (κ2) is 4.84. The van der Waals surface area contributed by atoms with Crippen LogP contribution in [0.25, 0.3) is 0 Å². The zero-order valence-electron chi connectivity index (χ0n) is 12.6. The Morgan fingerprint density at radius 3 is 2.06 bits per heavy atom. The van der Waals surface area contributed by atoms with Gasteiger partial charge in [0.25, 0.3) is 0 Å². The van der Waals surface area contributed by atoms with Crippen molar-refractivity contribution in [3.8, 4) is 0 Å². The lowest BCUT2D eigenvalue weighted by Gasteiger charge is -2.28. The molecular weight excluding hydrogens is 204 g/mol. The Morgan fingerprint density at radius 2 is 1.59 bits per heavy atom. The van der Waals surface area contributed by atoms with Gasteiger partial charge in [-0.05, 0) is 28.7 Å². The van der Waals surface area contributed by atoms with Gasteiger partial charge in [-0.15, -0.1) is 0 Å². The average molecular weight is 232 g/mol. The van der Waals surface area contributed by atoms with Gasteiger partial charge < -0.3 is 0 Å². The molecule has 1 aliphatic carbocycles. The van der Waals surface area contributed by atoms with E-state index < -0.39 is 0 Å². The summed E-state index contributed by atoms with van der Waals surface area (Å²) in [5.41, 5.74) is 3.49. The Labute approximate surface area is 108 Å². The van der Waals surface area contributed by atoms with Crippen LogP contribution in [0.1, 0.15) is 54.9 Å². The Balaban J connectivity index is 3.22. The topological polar surface area (TPSA) is 0 Å². The van der Waals surface area contributed by atoms with Gasteiger partial charge in [0.1, 0.15) is 0 Å². The summed E-state index contributed by atoms with van der Waals surface area (Å²) < 4.78 is 0. The number of hydrogen-bond acceptors (Lipinski definition) is 0. The van der Waals surface area contributed by atoms with Crippen molar-refractivity contribution >= 4 is 0 Å². The van der Waals surface area contributed by atoms with Crippen LogP contribution in [0, 0.1) is 16.7 Å². The van der Waals surface area contributed by atoms with Crippen LogP contribution in [-0.4, -0.2) is 0 Å². The molecule has 1 unspecified atom stereocenters. The maximum Gasteiger partial charge on any atom is -0.00757 e. The van der Waals surface area contributed by atoms with E-state index in [1.807, 2.05) is 0 Å². The summed E-state index contributed by atoms with van der Waals surface area (Å²) in [5.74, 6) is 0.544. The van der Waals surface area contributed by atoms with E-state index in [1.54, 1.807) is 0 Å². The highest BCUT2D eigenvalue weighted by atomic mass is 14.3. The number of rotatable bonds is 0. The summed E-state index contributed by atoms with van der Waals surface area (Å²) in [6.07, 6.45) is 10.6. The monoisotopic (exact) mass is 232 g/mol. The predicted octanol–water partition coefficient (Wildman–Crippen LogP) is 5.53. The van der Waals surface area contributed by atoms with E-state index in [9.17, 15) is 0 Å². The molecule has 0 amide bonds. The van der Waals surface area contributed by atoms with Crippen molar-refractivity contribution in [1.82, 2.24) is 0 Å². The van der Waals surface area contributed by atoms with Crippen LogP contribution >= 0.6 is 0 Å². The normalized spacial score (nSPS) is 28.8. The molecule has 0 radical (unpaired) electrons. The van der Waals surface area contributed by atoms with Crippen molar-refractivity contribution < 1.29 is 0 Å². The molecule has 0 aromatic rings. The first-order chi connectivity index (χ1) is 7.60. The summed E-state index contributed by atoms with van der Waals surface area (Å²) in [6, 6.07) is 0. The standard InChI is InChI=1S/C17H28/c1-13-9-8-10-14(16(2,3)4)12-15(11-13)17(5,6)7/h8-9,11-13H,10H2,1-7H3/b9-8?,14-12+,15-11+. The molecule has 0 aromatic heterocycles. The van der Waals surface area contributed by atoms with Gasteiger partial charge in [-0.3, -0.25) is 0 Å². The van der Waals surface area contributed by atoms with Crippen molar-refractivity contribution in [2.24, 2.45) is 16.7 Å². The minimum Gasteiger partial charge on any atom is -0.0839 e. The van der Waals surface area contributed by atoms with Crippen molar-refractivity contribution in [2.75, 3.05) is 0 Å². The highest BCUT2D eigenvalue weighted by Crippen LogP contribution is 2.36. The van der Waals surface area contributed by atoms with E-state index in [0.717, 1.165) is 6.42 Å². The smallest absolute Gasteiger partial charge is 0.00757 e. The summed E-state index contributed by atoms with van der Waals surface area (Å²) in [5, 5.41) is 0. The van der Waals surface area contributed by atoms with Crippen LogP contribution in [0.5, 0.6) is 0 Å². The second-order valence-electron chi connectivity index (χ2n) is 7.28. The van der Waals surface area contributed by atoms with Gasteiger partial charge in [0.05, 0.1) is 0 Å². The van der Waals surface area contributed by atoms with Crippen LogP contribution in [-0.2, 0) is 0 Å². The molecule has 0 aliphatic heterocycles. The maximum atomic E-state index is 2.43. The van der Waals surface area contributed by atoms with Gasteiger partial charge in [-0.1, -0.05) is 78.3 Å². The van der Waals surface area contributed by atoms with E-state index in [1.165, 1.54) is 11.1 Å². The average Bonchev–Trinajstić information content (AvgIpc) is 2.06. The molecule has 0 aromatic carbocycles. The Hall–Kier alpha value is -0.780. The van der Waals surface area contributed by atoms with Crippen LogP contribution in [0.2, 0.25) is 0 Å². The third kappa shape index (κ3) is 4.18. The zero-order chi connectivity index (χ0) is 13.3. The lowest BCUT2D eigenvalue weighted by molar-refractivity contribution is 0.479. The van der Waals surface area contributed by atoms with Gasteiger partial charge in [-0.25, -0.2) is 0 Å². The van der Waals surface area contributed by atoms with Crippen molar-refractivity contribution in [3.63, 3.8) is 0 Å². The molecule has 0 heterocycles. The SMILES string of the molecule is CC1C=CC/C(C(C)(C)C)=C\C(C(C)(C)C)=C/1. The fraction of sp³-hybridized carbons (Fsp3) is 0.647. The molecule has 96 valence electrons. The largest absolute Gasteiger partial charge is 0.0839 e.